The van der Waals surface area contributed by atoms with E-state index in [0.717, 1.165) is 16.3 Å². The number of ether oxygens (including phenoxy) is 1. The number of nitrogens with one attached hydrogen (secondary N) is 4. The van der Waals surface area contributed by atoms with E-state index in [2.05, 4.69) is 52.2 Å². The van der Waals surface area contributed by atoms with Gasteiger partial charge in [0, 0.05) is 15.4 Å². The van der Waals surface area contributed by atoms with Crippen LogP contribution in [0.5, 0.6) is 5.75 Å². The van der Waals surface area contributed by atoms with Gasteiger partial charge < -0.3 is 20.4 Å². The highest BCUT2D eigenvalue weighted by atomic mass is 79.9. The molecule has 0 aliphatic heterocycles. The summed E-state index contributed by atoms with van der Waals surface area (Å²) in [6, 6.07) is 19.7. The van der Waals surface area contributed by atoms with Gasteiger partial charge in [0.15, 0.2) is 5.82 Å². The highest BCUT2D eigenvalue weighted by molar-refractivity contribution is 9.10. The van der Waals surface area contributed by atoms with Gasteiger partial charge in [-0.25, -0.2) is 5.10 Å². The Morgan fingerprint density at radius 1 is 0.973 bits per heavy atom. The molecular formula is C26H22BrN7O3. The van der Waals surface area contributed by atoms with Crippen molar-refractivity contribution in [2.45, 2.75) is 13.3 Å². The average molecular weight is 560 g/mol. The van der Waals surface area contributed by atoms with E-state index in [9.17, 15) is 9.59 Å². The number of para-hydroxylation sites is 2. The smallest absolute Gasteiger partial charge is 0.272 e. The Kier molecular flexibility index (Phi) is 6.95. The predicted octanol–water partition coefficient (Wildman–Crippen LogP) is 5.40. The van der Waals surface area contributed by atoms with E-state index in [1.807, 2.05) is 31.2 Å². The molecule has 10 nitrogen and oxygen atoms in total. The van der Waals surface area contributed by atoms with Crippen molar-refractivity contribution in [3.05, 3.63) is 82.5 Å². The number of rotatable bonds is 8. The Bertz CT molecular complexity index is 1580. The Balaban J connectivity index is 1.40. The second-order valence-corrected chi connectivity index (χ2v) is 9.06. The molecule has 2 aromatic heterocycles. The molecule has 3 aromatic carbocycles. The minimum absolute atomic E-state index is 0.306. The molecule has 37 heavy (non-hydrogen) atoms. The summed E-state index contributed by atoms with van der Waals surface area (Å²) in [6.45, 7) is 2.52. The number of carbonyl (C=O) groups excluding carboxylic acids is 2. The van der Waals surface area contributed by atoms with Gasteiger partial charge in [-0.2, -0.15) is 0 Å². The zero-order valence-electron chi connectivity index (χ0n) is 19.7. The topological polar surface area (TPSA) is 138 Å². The average Bonchev–Trinajstić information content (AvgIpc) is 3.60. The molecular weight excluding hydrogens is 538 g/mol. The van der Waals surface area contributed by atoms with Crippen LogP contribution in [0.4, 0.5) is 11.4 Å². The Hall–Kier alpha value is -4.51. The maximum atomic E-state index is 13.2. The number of anilines is 2. The summed E-state index contributed by atoms with van der Waals surface area (Å²) >= 11 is 3.43. The molecule has 5 rings (SSSR count). The number of nitrogens with zero attached hydrogens (tertiary/aromatic N) is 3. The number of aromatic nitrogens is 5. The number of amides is 2. The molecule has 0 atom stereocenters. The summed E-state index contributed by atoms with van der Waals surface area (Å²) in [5, 5.41) is 20.5. The van der Waals surface area contributed by atoms with Gasteiger partial charge in [-0.3, -0.25) is 9.59 Å². The molecule has 2 heterocycles. The third-order valence-corrected chi connectivity index (χ3v) is 6.07. The summed E-state index contributed by atoms with van der Waals surface area (Å²) in [7, 11) is 0. The number of hydrogen-bond acceptors (Lipinski definition) is 6. The quantitative estimate of drug-likeness (QED) is 0.201. The molecule has 0 saturated heterocycles. The van der Waals surface area contributed by atoms with E-state index in [-0.39, 0.29) is 11.8 Å². The van der Waals surface area contributed by atoms with Gasteiger partial charge in [-0.1, -0.05) is 47.1 Å². The van der Waals surface area contributed by atoms with Gasteiger partial charge in [0.2, 0.25) is 0 Å². The fourth-order valence-corrected chi connectivity index (χ4v) is 4.21. The van der Waals surface area contributed by atoms with E-state index in [1.165, 1.54) is 0 Å². The molecule has 5 aromatic rings. The second-order valence-electron chi connectivity index (χ2n) is 8.15. The van der Waals surface area contributed by atoms with Gasteiger partial charge in [-0.05, 0) is 59.3 Å². The number of fused-ring (bicyclic) bond motifs is 1. The first-order valence-electron chi connectivity index (χ1n) is 11.5. The molecule has 0 radical (unpaired) electrons. The SMILES string of the molecule is CCCOc1ccccc1C(=O)Nc1cccc2cc(C(=O)Nc3ccc(Br)cc3-c3nnn[nH]3)[nH]c12. The van der Waals surface area contributed by atoms with Crippen molar-refractivity contribution >= 4 is 50.0 Å². The van der Waals surface area contributed by atoms with Crippen molar-refractivity contribution in [1.82, 2.24) is 25.6 Å². The third kappa shape index (κ3) is 5.21. The first kappa shape index (κ1) is 24.2. The van der Waals surface area contributed by atoms with Crippen LogP contribution >= 0.6 is 15.9 Å². The van der Waals surface area contributed by atoms with Crippen molar-refractivity contribution in [2.24, 2.45) is 0 Å². The maximum Gasteiger partial charge on any atom is 0.272 e. The number of carbonyl (C=O) groups is 2. The number of halogens is 1. The monoisotopic (exact) mass is 559 g/mol. The van der Waals surface area contributed by atoms with Crippen LogP contribution in [0.15, 0.2) is 71.2 Å². The van der Waals surface area contributed by atoms with Crippen LogP contribution in [0, 0.1) is 0 Å². The van der Waals surface area contributed by atoms with Crippen molar-refractivity contribution in [2.75, 3.05) is 17.2 Å². The Labute approximate surface area is 219 Å². The largest absolute Gasteiger partial charge is 0.493 e. The van der Waals surface area contributed by atoms with Gasteiger partial charge in [0.25, 0.3) is 11.8 Å². The van der Waals surface area contributed by atoms with Crippen molar-refractivity contribution < 1.29 is 14.3 Å². The molecule has 0 bridgehead atoms. The summed E-state index contributed by atoms with van der Waals surface area (Å²) in [5.74, 6) is 0.275. The number of tetrazole rings is 1. The number of aromatic amines is 2. The van der Waals surface area contributed by atoms with Crippen LogP contribution in [0.25, 0.3) is 22.3 Å². The minimum Gasteiger partial charge on any atom is -0.493 e. The standard InChI is InChI=1S/C26H22BrN7O3/c1-2-12-37-22-9-4-3-7-17(22)25(35)30-20-8-5-6-15-13-21(28-23(15)20)26(36)29-19-11-10-16(27)14-18(19)24-31-33-34-32-24/h3-11,13-14,28H,2,12H2,1H3,(H,29,36)(H,30,35)(H,31,32,33,34). The lowest BCUT2D eigenvalue weighted by molar-refractivity contribution is 0.101. The van der Waals surface area contributed by atoms with Crippen molar-refractivity contribution in [3.8, 4) is 17.1 Å². The van der Waals surface area contributed by atoms with Crippen LogP contribution in [0.2, 0.25) is 0 Å². The number of benzene rings is 3. The number of H-pyrrole nitrogens is 2. The van der Waals surface area contributed by atoms with Crippen molar-refractivity contribution in [3.63, 3.8) is 0 Å². The molecule has 2 amide bonds. The van der Waals surface area contributed by atoms with Crippen LogP contribution in [-0.2, 0) is 0 Å². The van der Waals surface area contributed by atoms with Crippen LogP contribution in [0.3, 0.4) is 0 Å². The fraction of sp³-hybridized carbons (Fsp3) is 0.115. The summed E-state index contributed by atoms with van der Waals surface area (Å²) in [6.07, 6.45) is 0.833. The highest BCUT2D eigenvalue weighted by Gasteiger charge is 2.18. The number of hydrogen-bond donors (Lipinski definition) is 4. The van der Waals surface area contributed by atoms with Crippen molar-refractivity contribution in [1.29, 1.82) is 0 Å². The van der Waals surface area contributed by atoms with E-state index < -0.39 is 0 Å². The maximum absolute atomic E-state index is 13.2. The summed E-state index contributed by atoms with van der Waals surface area (Å²) in [4.78, 5) is 29.4. The molecule has 11 heteroatoms. The summed E-state index contributed by atoms with van der Waals surface area (Å²) in [5.41, 5.74) is 3.09. The molecule has 0 unspecified atom stereocenters. The normalized spacial score (nSPS) is 10.9. The van der Waals surface area contributed by atoms with Gasteiger partial charge in [-0.15, -0.1) is 5.10 Å². The summed E-state index contributed by atoms with van der Waals surface area (Å²) < 4.78 is 6.54. The molecule has 0 spiro atoms. The first-order chi connectivity index (χ1) is 18.0. The molecule has 0 aliphatic carbocycles. The highest BCUT2D eigenvalue weighted by Crippen LogP contribution is 2.30. The molecule has 4 N–H and O–H groups in total. The first-order valence-corrected chi connectivity index (χ1v) is 12.3. The van der Waals surface area contributed by atoms with Crippen LogP contribution in [0.1, 0.15) is 34.2 Å². The molecule has 0 aliphatic rings. The molecule has 0 fully saturated rings. The van der Waals surface area contributed by atoms with E-state index >= 15 is 0 Å². The van der Waals surface area contributed by atoms with Gasteiger partial charge in [0.05, 0.1) is 29.1 Å². The zero-order chi connectivity index (χ0) is 25.8. The van der Waals surface area contributed by atoms with Gasteiger partial charge in [0.1, 0.15) is 11.4 Å². The lowest BCUT2D eigenvalue weighted by Gasteiger charge is -2.11. The fourth-order valence-electron chi connectivity index (χ4n) is 3.85. The van der Waals surface area contributed by atoms with Gasteiger partial charge >= 0.3 is 0 Å². The van der Waals surface area contributed by atoms with Crippen LogP contribution < -0.4 is 15.4 Å². The van der Waals surface area contributed by atoms with Crippen LogP contribution in [-0.4, -0.2) is 44.0 Å². The van der Waals surface area contributed by atoms with E-state index in [4.69, 9.17) is 4.74 Å². The molecule has 0 saturated carbocycles. The Morgan fingerprint density at radius 3 is 2.62 bits per heavy atom. The lowest BCUT2D eigenvalue weighted by Crippen LogP contribution is -2.14. The van der Waals surface area contributed by atoms with E-state index in [1.54, 1.807) is 42.5 Å². The second kappa shape index (κ2) is 10.6. The zero-order valence-corrected chi connectivity index (χ0v) is 21.3. The third-order valence-electron chi connectivity index (χ3n) is 5.57. The Morgan fingerprint density at radius 2 is 1.81 bits per heavy atom. The lowest BCUT2D eigenvalue weighted by atomic mass is 10.1. The molecule has 186 valence electrons. The van der Waals surface area contributed by atoms with E-state index in [0.29, 0.717) is 51.9 Å². The predicted molar refractivity (Wildman–Crippen MR) is 144 cm³/mol. The minimum atomic E-state index is -0.358.